The van der Waals surface area contributed by atoms with Crippen molar-refractivity contribution < 1.29 is 0 Å². The van der Waals surface area contributed by atoms with Gasteiger partial charge in [0.25, 0.3) is 0 Å². The molecule has 0 heteroatoms. The summed E-state index contributed by atoms with van der Waals surface area (Å²) >= 11 is 0. The van der Waals surface area contributed by atoms with Crippen molar-refractivity contribution in [3.05, 3.63) is 81.4 Å². The van der Waals surface area contributed by atoms with Crippen LogP contribution in [0.25, 0.3) is 22.3 Å². The van der Waals surface area contributed by atoms with Gasteiger partial charge in [0.15, 0.2) is 0 Å². The van der Waals surface area contributed by atoms with Crippen molar-refractivity contribution in [3.63, 3.8) is 0 Å². The Morgan fingerprint density at radius 2 is 1.11 bits per heavy atom. The molecular formula is C27H32. The van der Waals surface area contributed by atoms with Gasteiger partial charge in [-0.2, -0.15) is 0 Å². The highest BCUT2D eigenvalue weighted by atomic mass is 14.2. The average Bonchev–Trinajstić information content (AvgIpc) is 2.65. The minimum atomic E-state index is 0.498. The summed E-state index contributed by atoms with van der Waals surface area (Å²) in [5.74, 6) is 0.498. The summed E-state index contributed by atoms with van der Waals surface area (Å²) in [6, 6.07) is 15.6. The van der Waals surface area contributed by atoms with Crippen LogP contribution in [-0.4, -0.2) is 0 Å². The summed E-state index contributed by atoms with van der Waals surface area (Å²) in [7, 11) is 0. The zero-order valence-electron chi connectivity index (χ0n) is 18.1. The highest BCUT2D eigenvalue weighted by Gasteiger charge is 2.18. The molecule has 0 aliphatic rings. The lowest BCUT2D eigenvalue weighted by molar-refractivity contribution is 0.859. The lowest BCUT2D eigenvalue weighted by atomic mass is 9.82. The summed E-state index contributed by atoms with van der Waals surface area (Å²) in [4.78, 5) is 0. The van der Waals surface area contributed by atoms with E-state index < -0.39 is 0 Å². The number of hydrogen-bond donors (Lipinski definition) is 0. The van der Waals surface area contributed by atoms with E-state index in [1.54, 1.807) is 0 Å². The molecule has 0 aliphatic carbocycles. The lowest BCUT2D eigenvalue weighted by Gasteiger charge is -2.23. The zero-order chi connectivity index (χ0) is 19.9. The molecule has 27 heavy (non-hydrogen) atoms. The van der Waals surface area contributed by atoms with Crippen molar-refractivity contribution in [3.8, 4) is 22.3 Å². The smallest absolute Gasteiger partial charge is 0.0120 e. The Morgan fingerprint density at radius 3 is 1.63 bits per heavy atom. The maximum atomic E-state index is 2.42. The second kappa shape index (κ2) is 7.35. The Kier molecular flexibility index (Phi) is 5.29. The van der Waals surface area contributed by atoms with E-state index in [4.69, 9.17) is 0 Å². The Morgan fingerprint density at radius 1 is 0.593 bits per heavy atom. The first kappa shape index (κ1) is 19.4. The maximum absolute atomic E-state index is 2.42. The van der Waals surface area contributed by atoms with Gasteiger partial charge >= 0.3 is 0 Å². The molecule has 0 heterocycles. The molecule has 0 amide bonds. The molecule has 0 nitrogen and oxygen atoms in total. The molecule has 0 unspecified atom stereocenters. The van der Waals surface area contributed by atoms with Crippen LogP contribution in [0.5, 0.6) is 0 Å². The fourth-order valence-electron chi connectivity index (χ4n) is 4.50. The van der Waals surface area contributed by atoms with Gasteiger partial charge < -0.3 is 0 Å². The summed E-state index contributed by atoms with van der Waals surface area (Å²) in [5, 5.41) is 0. The highest BCUT2D eigenvalue weighted by Crippen LogP contribution is 2.40. The van der Waals surface area contributed by atoms with Crippen LogP contribution in [0.15, 0.2) is 42.5 Å². The van der Waals surface area contributed by atoms with Gasteiger partial charge in [-0.15, -0.1) is 0 Å². The first-order valence-electron chi connectivity index (χ1n) is 10.0. The number of hydrogen-bond acceptors (Lipinski definition) is 0. The van der Waals surface area contributed by atoms with Gasteiger partial charge in [-0.25, -0.2) is 0 Å². The fourth-order valence-corrected chi connectivity index (χ4v) is 4.50. The van der Waals surface area contributed by atoms with Crippen LogP contribution in [0.4, 0.5) is 0 Å². The Labute approximate surface area is 165 Å². The van der Waals surface area contributed by atoms with E-state index in [1.807, 2.05) is 0 Å². The van der Waals surface area contributed by atoms with Crippen molar-refractivity contribution in [2.24, 2.45) is 0 Å². The number of benzene rings is 3. The van der Waals surface area contributed by atoms with Crippen molar-refractivity contribution >= 4 is 0 Å². The van der Waals surface area contributed by atoms with E-state index in [2.05, 4.69) is 97.9 Å². The van der Waals surface area contributed by atoms with E-state index in [9.17, 15) is 0 Å². The molecule has 3 aromatic carbocycles. The van der Waals surface area contributed by atoms with Crippen LogP contribution < -0.4 is 0 Å². The molecule has 0 atom stereocenters. The molecular weight excluding hydrogens is 324 g/mol. The van der Waals surface area contributed by atoms with Crippen LogP contribution >= 0.6 is 0 Å². The van der Waals surface area contributed by atoms with Crippen LogP contribution in [0.2, 0.25) is 0 Å². The van der Waals surface area contributed by atoms with Crippen LogP contribution in [0, 0.1) is 41.5 Å². The first-order chi connectivity index (χ1) is 12.7. The molecule has 3 rings (SSSR count). The SMILES string of the molecule is Cc1cc(-c2c(C)c(C)c(C)c(C)c2C)cc(-c2ccccc2)c1C(C)C. The number of rotatable bonds is 3. The van der Waals surface area contributed by atoms with Gasteiger partial charge in [0, 0.05) is 0 Å². The Hall–Kier alpha value is -2.34. The molecule has 0 saturated carbocycles. The van der Waals surface area contributed by atoms with Gasteiger partial charge in [0.05, 0.1) is 0 Å². The standard InChI is InChI=1S/C27H32/c1-16(2)26-17(3)14-24(15-25(26)23-12-10-9-11-13-23)27-21(7)19(5)18(4)20(6)22(27)8/h9-16H,1-8H3. The predicted octanol–water partition coefficient (Wildman–Crippen LogP) is 7.99. The average molecular weight is 357 g/mol. The molecule has 0 aliphatic heterocycles. The van der Waals surface area contributed by atoms with Crippen molar-refractivity contribution in [2.45, 2.75) is 61.3 Å². The zero-order valence-corrected chi connectivity index (χ0v) is 18.1. The minimum absolute atomic E-state index is 0.498. The normalized spacial score (nSPS) is 11.3. The van der Waals surface area contributed by atoms with Crippen molar-refractivity contribution in [1.82, 2.24) is 0 Å². The molecule has 0 N–H and O–H groups in total. The topological polar surface area (TPSA) is 0 Å². The van der Waals surface area contributed by atoms with E-state index in [0.717, 1.165) is 0 Å². The second-order valence-electron chi connectivity index (χ2n) is 8.28. The van der Waals surface area contributed by atoms with E-state index in [1.165, 1.54) is 61.2 Å². The lowest BCUT2D eigenvalue weighted by Crippen LogP contribution is -2.02. The summed E-state index contributed by atoms with van der Waals surface area (Å²) < 4.78 is 0. The maximum Gasteiger partial charge on any atom is -0.0120 e. The summed E-state index contributed by atoms with van der Waals surface area (Å²) in [5.41, 5.74) is 15.3. The molecule has 0 bridgehead atoms. The predicted molar refractivity (Wildman–Crippen MR) is 120 cm³/mol. The van der Waals surface area contributed by atoms with Gasteiger partial charge in [0.1, 0.15) is 0 Å². The first-order valence-corrected chi connectivity index (χ1v) is 10.0. The number of aryl methyl sites for hydroxylation is 1. The molecule has 0 radical (unpaired) electrons. The van der Waals surface area contributed by atoms with Crippen LogP contribution in [-0.2, 0) is 0 Å². The van der Waals surface area contributed by atoms with E-state index >= 15 is 0 Å². The molecule has 0 aromatic heterocycles. The van der Waals surface area contributed by atoms with Crippen LogP contribution in [0.1, 0.15) is 58.7 Å². The Bertz CT molecular complexity index is 960. The third kappa shape index (κ3) is 3.34. The van der Waals surface area contributed by atoms with Crippen LogP contribution in [0.3, 0.4) is 0 Å². The largest absolute Gasteiger partial charge is 0.0622 e. The molecule has 140 valence electrons. The molecule has 3 aromatic rings. The Balaban J connectivity index is 2.37. The van der Waals surface area contributed by atoms with E-state index in [-0.39, 0.29) is 0 Å². The highest BCUT2D eigenvalue weighted by molar-refractivity contribution is 5.81. The van der Waals surface area contributed by atoms with Gasteiger partial charge in [-0.3, -0.25) is 0 Å². The fraction of sp³-hybridized carbons (Fsp3) is 0.333. The monoisotopic (exact) mass is 356 g/mol. The van der Waals surface area contributed by atoms with Crippen molar-refractivity contribution in [2.75, 3.05) is 0 Å². The minimum Gasteiger partial charge on any atom is -0.0622 e. The summed E-state index contributed by atoms with van der Waals surface area (Å²) in [6.45, 7) is 18.2. The molecule has 0 saturated heterocycles. The third-order valence-corrected chi connectivity index (χ3v) is 6.34. The van der Waals surface area contributed by atoms with Gasteiger partial charge in [-0.05, 0) is 115 Å². The molecule has 0 spiro atoms. The third-order valence-electron chi connectivity index (χ3n) is 6.34. The quantitative estimate of drug-likeness (QED) is 0.446. The summed E-state index contributed by atoms with van der Waals surface area (Å²) in [6.07, 6.45) is 0. The van der Waals surface area contributed by atoms with Crippen molar-refractivity contribution in [1.29, 1.82) is 0 Å². The van der Waals surface area contributed by atoms with Gasteiger partial charge in [0.2, 0.25) is 0 Å². The second-order valence-corrected chi connectivity index (χ2v) is 8.28. The van der Waals surface area contributed by atoms with E-state index in [0.29, 0.717) is 5.92 Å². The molecule has 0 fully saturated rings. The van der Waals surface area contributed by atoms with Gasteiger partial charge in [-0.1, -0.05) is 50.2 Å².